The van der Waals surface area contributed by atoms with Crippen molar-refractivity contribution in [1.82, 2.24) is 10.2 Å². The Morgan fingerprint density at radius 1 is 1.12 bits per heavy atom. The first kappa shape index (κ1) is 16.7. The van der Waals surface area contributed by atoms with Gasteiger partial charge >= 0.3 is 0 Å². The summed E-state index contributed by atoms with van der Waals surface area (Å²) in [5, 5.41) is 2.93. The minimum absolute atomic E-state index is 0.107. The fraction of sp³-hybridized carbons (Fsp3) is 0.263. The van der Waals surface area contributed by atoms with Gasteiger partial charge in [0.15, 0.2) is 0 Å². The standard InChI is InChI=1S/C19H19BrN2O2/c20-17-7-2-4-14(11-17)12-21-19(24)16-6-1-5-15(10-16)13-22-9-3-8-18(22)23/h1-2,4-7,10-11H,3,8-9,12-13H2,(H,21,24). The van der Waals surface area contributed by atoms with E-state index in [9.17, 15) is 9.59 Å². The quantitative estimate of drug-likeness (QED) is 0.854. The largest absolute Gasteiger partial charge is 0.348 e. The van der Waals surface area contributed by atoms with Gasteiger partial charge in [0, 0.05) is 36.1 Å². The molecule has 1 N–H and O–H groups in total. The van der Waals surface area contributed by atoms with Crippen molar-refractivity contribution in [1.29, 1.82) is 0 Å². The number of halogens is 1. The normalized spacial score (nSPS) is 14.0. The predicted octanol–water partition coefficient (Wildman–Crippen LogP) is 3.50. The highest BCUT2D eigenvalue weighted by Crippen LogP contribution is 2.15. The van der Waals surface area contributed by atoms with Crippen LogP contribution >= 0.6 is 15.9 Å². The molecule has 24 heavy (non-hydrogen) atoms. The fourth-order valence-electron chi connectivity index (χ4n) is 2.83. The Morgan fingerprint density at radius 2 is 1.92 bits per heavy atom. The molecule has 1 heterocycles. The van der Waals surface area contributed by atoms with Gasteiger partial charge in [0.25, 0.3) is 5.91 Å². The van der Waals surface area contributed by atoms with E-state index >= 15 is 0 Å². The first-order valence-electron chi connectivity index (χ1n) is 8.01. The maximum Gasteiger partial charge on any atom is 0.251 e. The second-order valence-electron chi connectivity index (χ2n) is 5.93. The van der Waals surface area contributed by atoms with Crippen molar-refractivity contribution in [2.75, 3.05) is 6.54 Å². The predicted molar refractivity (Wildman–Crippen MR) is 96.4 cm³/mol. The molecule has 1 fully saturated rings. The summed E-state index contributed by atoms with van der Waals surface area (Å²) in [5.41, 5.74) is 2.64. The SMILES string of the molecule is O=C(NCc1cccc(Br)c1)c1cccc(CN2CCCC2=O)c1. The van der Waals surface area contributed by atoms with Crippen LogP contribution in [-0.4, -0.2) is 23.3 Å². The number of hydrogen-bond donors (Lipinski definition) is 1. The van der Waals surface area contributed by atoms with Crippen molar-refractivity contribution in [2.24, 2.45) is 0 Å². The second-order valence-corrected chi connectivity index (χ2v) is 6.85. The van der Waals surface area contributed by atoms with Crippen LogP contribution in [0.15, 0.2) is 53.0 Å². The van der Waals surface area contributed by atoms with E-state index in [0.717, 1.165) is 28.6 Å². The van der Waals surface area contributed by atoms with Crippen molar-refractivity contribution in [3.63, 3.8) is 0 Å². The Kier molecular flexibility index (Phi) is 5.30. The number of nitrogens with zero attached hydrogens (tertiary/aromatic N) is 1. The molecule has 2 amide bonds. The van der Waals surface area contributed by atoms with E-state index in [2.05, 4.69) is 21.2 Å². The number of rotatable bonds is 5. The Morgan fingerprint density at radius 3 is 2.67 bits per heavy atom. The molecule has 1 aliphatic heterocycles. The molecule has 2 aromatic rings. The summed E-state index contributed by atoms with van der Waals surface area (Å²) in [6, 6.07) is 15.3. The average Bonchev–Trinajstić information content (AvgIpc) is 2.98. The first-order chi connectivity index (χ1) is 11.6. The van der Waals surface area contributed by atoms with Crippen molar-refractivity contribution in [2.45, 2.75) is 25.9 Å². The minimum Gasteiger partial charge on any atom is -0.348 e. The molecule has 0 unspecified atom stereocenters. The Balaban J connectivity index is 1.62. The van der Waals surface area contributed by atoms with Crippen LogP contribution < -0.4 is 5.32 Å². The zero-order chi connectivity index (χ0) is 16.9. The smallest absolute Gasteiger partial charge is 0.251 e. The summed E-state index contributed by atoms with van der Waals surface area (Å²) in [6.07, 6.45) is 1.55. The second kappa shape index (κ2) is 7.62. The molecule has 1 saturated heterocycles. The number of amides is 2. The van der Waals surface area contributed by atoms with E-state index in [-0.39, 0.29) is 11.8 Å². The van der Waals surface area contributed by atoms with E-state index in [1.165, 1.54) is 0 Å². The van der Waals surface area contributed by atoms with E-state index in [0.29, 0.717) is 25.1 Å². The van der Waals surface area contributed by atoms with Gasteiger partial charge in [-0.1, -0.05) is 40.2 Å². The fourth-order valence-corrected chi connectivity index (χ4v) is 3.28. The number of likely N-dealkylation sites (tertiary alicyclic amines) is 1. The van der Waals surface area contributed by atoms with Crippen molar-refractivity contribution in [3.05, 3.63) is 69.7 Å². The molecule has 0 bridgehead atoms. The number of benzene rings is 2. The molecule has 0 spiro atoms. The maximum absolute atomic E-state index is 12.4. The van der Waals surface area contributed by atoms with Crippen molar-refractivity contribution < 1.29 is 9.59 Å². The van der Waals surface area contributed by atoms with Gasteiger partial charge < -0.3 is 10.2 Å². The monoisotopic (exact) mass is 386 g/mol. The molecule has 3 rings (SSSR count). The van der Waals surface area contributed by atoms with Crippen LogP contribution in [0.1, 0.15) is 34.3 Å². The molecule has 0 aliphatic carbocycles. The summed E-state index contributed by atoms with van der Waals surface area (Å²) >= 11 is 3.43. The van der Waals surface area contributed by atoms with Crippen LogP contribution in [-0.2, 0) is 17.9 Å². The Hall–Kier alpha value is -2.14. The number of hydrogen-bond acceptors (Lipinski definition) is 2. The number of carbonyl (C=O) groups is 2. The molecule has 2 aromatic carbocycles. The Bertz CT molecular complexity index is 761. The molecule has 0 radical (unpaired) electrons. The molecule has 0 atom stereocenters. The topological polar surface area (TPSA) is 49.4 Å². The van der Waals surface area contributed by atoms with Gasteiger partial charge in [0.05, 0.1) is 0 Å². The van der Waals surface area contributed by atoms with Crippen LogP contribution in [0, 0.1) is 0 Å². The van der Waals surface area contributed by atoms with E-state index in [4.69, 9.17) is 0 Å². The minimum atomic E-state index is -0.107. The summed E-state index contributed by atoms with van der Waals surface area (Å²) in [4.78, 5) is 25.9. The molecule has 4 nitrogen and oxygen atoms in total. The number of nitrogens with one attached hydrogen (secondary N) is 1. The van der Waals surface area contributed by atoms with Gasteiger partial charge in [-0.05, 0) is 41.8 Å². The van der Waals surface area contributed by atoms with Crippen LogP contribution in [0.4, 0.5) is 0 Å². The summed E-state index contributed by atoms with van der Waals surface area (Å²) in [7, 11) is 0. The molecular formula is C19H19BrN2O2. The lowest BCUT2D eigenvalue weighted by Gasteiger charge is -2.16. The summed E-state index contributed by atoms with van der Waals surface area (Å²) in [5.74, 6) is 0.0871. The van der Waals surface area contributed by atoms with Gasteiger partial charge in [0.2, 0.25) is 5.91 Å². The lowest BCUT2D eigenvalue weighted by atomic mass is 10.1. The average molecular weight is 387 g/mol. The Labute approximate surface area is 150 Å². The highest BCUT2D eigenvalue weighted by molar-refractivity contribution is 9.10. The molecule has 0 saturated carbocycles. The van der Waals surface area contributed by atoms with Gasteiger partial charge in [-0.15, -0.1) is 0 Å². The summed E-state index contributed by atoms with van der Waals surface area (Å²) in [6.45, 7) is 1.86. The molecule has 5 heteroatoms. The highest BCUT2D eigenvalue weighted by atomic mass is 79.9. The van der Waals surface area contributed by atoms with Crippen LogP contribution in [0.2, 0.25) is 0 Å². The van der Waals surface area contributed by atoms with Gasteiger partial charge in [-0.25, -0.2) is 0 Å². The zero-order valence-corrected chi connectivity index (χ0v) is 14.9. The highest BCUT2D eigenvalue weighted by Gasteiger charge is 2.20. The zero-order valence-electron chi connectivity index (χ0n) is 13.3. The van der Waals surface area contributed by atoms with Crippen LogP contribution in [0.3, 0.4) is 0 Å². The van der Waals surface area contributed by atoms with Crippen LogP contribution in [0.25, 0.3) is 0 Å². The van der Waals surface area contributed by atoms with Crippen molar-refractivity contribution >= 4 is 27.7 Å². The molecule has 1 aliphatic rings. The lowest BCUT2D eigenvalue weighted by Crippen LogP contribution is -2.25. The summed E-state index contributed by atoms with van der Waals surface area (Å²) < 4.78 is 0.992. The van der Waals surface area contributed by atoms with Crippen LogP contribution in [0.5, 0.6) is 0 Å². The molecular weight excluding hydrogens is 368 g/mol. The number of carbonyl (C=O) groups excluding carboxylic acids is 2. The van der Waals surface area contributed by atoms with Gasteiger partial charge in [-0.3, -0.25) is 9.59 Å². The van der Waals surface area contributed by atoms with E-state index in [1.807, 2.05) is 47.4 Å². The lowest BCUT2D eigenvalue weighted by molar-refractivity contribution is -0.128. The third-order valence-corrected chi connectivity index (χ3v) is 4.57. The molecule has 0 aromatic heterocycles. The van der Waals surface area contributed by atoms with Gasteiger partial charge in [-0.2, -0.15) is 0 Å². The van der Waals surface area contributed by atoms with Crippen molar-refractivity contribution in [3.8, 4) is 0 Å². The third kappa shape index (κ3) is 4.23. The first-order valence-corrected chi connectivity index (χ1v) is 8.80. The maximum atomic E-state index is 12.4. The van der Waals surface area contributed by atoms with E-state index in [1.54, 1.807) is 6.07 Å². The third-order valence-electron chi connectivity index (χ3n) is 4.08. The van der Waals surface area contributed by atoms with Gasteiger partial charge in [0.1, 0.15) is 0 Å². The van der Waals surface area contributed by atoms with E-state index < -0.39 is 0 Å². The molecule has 124 valence electrons.